The van der Waals surface area contributed by atoms with Gasteiger partial charge in [0.2, 0.25) is 11.3 Å². The van der Waals surface area contributed by atoms with Crippen molar-refractivity contribution in [2.45, 2.75) is 64.8 Å². The van der Waals surface area contributed by atoms with Crippen molar-refractivity contribution in [1.82, 2.24) is 4.72 Å². The maximum atomic E-state index is 12.5. The molecule has 3 saturated carbocycles. The number of carboxylic acid groups (broad SMARTS) is 1. The molecule has 2 bridgehead atoms. The van der Waals surface area contributed by atoms with Gasteiger partial charge >= 0.3 is 5.97 Å². The van der Waals surface area contributed by atoms with Crippen LogP contribution in [0, 0.1) is 23.2 Å². The van der Waals surface area contributed by atoms with E-state index in [4.69, 9.17) is 9.29 Å². The van der Waals surface area contributed by atoms with Crippen molar-refractivity contribution in [3.63, 3.8) is 0 Å². The number of unbranched alkanes of at least 4 members (excludes halogenated alkanes) is 1. The highest BCUT2D eigenvalue weighted by molar-refractivity contribution is 7.78. The number of carboxylic acids is 1. The molecule has 3 unspecified atom stereocenters. The highest BCUT2D eigenvalue weighted by atomic mass is 32.2. The van der Waals surface area contributed by atoms with Crippen molar-refractivity contribution >= 4 is 17.2 Å². The van der Waals surface area contributed by atoms with Crippen LogP contribution < -0.4 is 4.72 Å². The number of benzene rings is 1. The lowest BCUT2D eigenvalue weighted by molar-refractivity contribution is -0.137. The van der Waals surface area contributed by atoms with Gasteiger partial charge in [-0.2, -0.15) is 0 Å². The standard InChI is InChI=1S/C24H35NO4S/c1-24(2)19-16-21(24)20(12-8-3-4-9-13-23(26)27)22(17-19)25-30(28)29-15-14-18-10-6-5-7-11-18/h3,5-8,10-11,19-22,25H,4,9,12-17H2,1-2H3,(H,26,27)/t19-,20?,21+,22?,30?/m1/s1. The van der Waals surface area contributed by atoms with Gasteiger partial charge in [-0.15, -0.1) is 0 Å². The Bertz CT molecular complexity index is 749. The fourth-order valence-electron chi connectivity index (χ4n) is 5.19. The number of rotatable bonds is 12. The van der Waals surface area contributed by atoms with Crippen molar-refractivity contribution in [3.05, 3.63) is 48.0 Å². The average Bonchev–Trinajstić information content (AvgIpc) is 2.71. The van der Waals surface area contributed by atoms with Crippen molar-refractivity contribution < 1.29 is 18.3 Å². The number of aliphatic carboxylic acids is 1. The third-order valence-corrected chi connectivity index (χ3v) is 8.00. The molecule has 3 fully saturated rings. The van der Waals surface area contributed by atoms with Gasteiger partial charge in [-0.1, -0.05) is 56.3 Å². The number of allylic oxidation sites excluding steroid dienone is 2. The van der Waals surface area contributed by atoms with Crippen LogP contribution in [0.1, 0.15) is 57.9 Å². The Morgan fingerprint density at radius 2 is 2.03 bits per heavy atom. The van der Waals surface area contributed by atoms with Crippen LogP contribution in [0.25, 0.3) is 0 Å². The molecule has 0 aliphatic heterocycles. The summed E-state index contributed by atoms with van der Waals surface area (Å²) in [5.41, 5.74) is 1.52. The minimum Gasteiger partial charge on any atom is -0.481 e. The third-order valence-electron chi connectivity index (χ3n) is 7.13. The first-order valence-electron chi connectivity index (χ1n) is 11.1. The number of nitrogens with one attached hydrogen (secondary N) is 1. The second kappa shape index (κ2) is 10.7. The molecule has 1 aromatic rings. The van der Waals surface area contributed by atoms with E-state index in [1.54, 1.807) is 0 Å². The maximum absolute atomic E-state index is 12.5. The second-order valence-electron chi connectivity index (χ2n) is 9.27. The SMILES string of the molecule is CC1(C)[C@H]2CC(NS(=O)OCCc3ccccc3)C(CC=CCCCC(=O)O)[C@@H]1C2. The van der Waals surface area contributed by atoms with Gasteiger partial charge in [-0.05, 0) is 67.3 Å². The minimum absolute atomic E-state index is 0.197. The number of fused-ring (bicyclic) bond motifs is 2. The summed E-state index contributed by atoms with van der Waals surface area (Å²) in [6.45, 7) is 5.15. The molecule has 166 valence electrons. The highest BCUT2D eigenvalue weighted by Gasteiger charge is 2.57. The molecule has 3 aliphatic carbocycles. The number of carbonyl (C=O) groups is 1. The zero-order valence-corrected chi connectivity index (χ0v) is 18.9. The Morgan fingerprint density at radius 3 is 2.73 bits per heavy atom. The first-order valence-corrected chi connectivity index (χ1v) is 12.2. The van der Waals surface area contributed by atoms with E-state index in [-0.39, 0.29) is 12.5 Å². The molecule has 30 heavy (non-hydrogen) atoms. The Morgan fingerprint density at radius 1 is 1.27 bits per heavy atom. The lowest BCUT2D eigenvalue weighted by Crippen LogP contribution is -2.60. The van der Waals surface area contributed by atoms with E-state index in [1.165, 1.54) is 12.0 Å². The van der Waals surface area contributed by atoms with Crippen molar-refractivity contribution in [3.8, 4) is 0 Å². The lowest BCUT2D eigenvalue weighted by Gasteiger charge is -2.62. The summed E-state index contributed by atoms with van der Waals surface area (Å²) in [6, 6.07) is 10.3. The van der Waals surface area contributed by atoms with Crippen LogP contribution in [-0.4, -0.2) is 27.9 Å². The van der Waals surface area contributed by atoms with Crippen LogP contribution in [0.3, 0.4) is 0 Å². The molecule has 2 N–H and O–H groups in total. The van der Waals surface area contributed by atoms with E-state index in [0.29, 0.717) is 36.2 Å². The first kappa shape index (κ1) is 23.2. The van der Waals surface area contributed by atoms with Gasteiger partial charge in [-0.25, -0.2) is 8.93 Å². The lowest BCUT2D eigenvalue weighted by atomic mass is 9.44. The molecule has 5 nitrogen and oxygen atoms in total. The topological polar surface area (TPSA) is 75.6 Å². The molecule has 0 radical (unpaired) electrons. The molecule has 0 spiro atoms. The van der Waals surface area contributed by atoms with Gasteiger partial charge < -0.3 is 5.11 Å². The van der Waals surface area contributed by atoms with Crippen LogP contribution in [-0.2, 0) is 26.7 Å². The van der Waals surface area contributed by atoms with Gasteiger partial charge in [0.05, 0.1) is 6.61 Å². The van der Waals surface area contributed by atoms with E-state index in [9.17, 15) is 9.00 Å². The van der Waals surface area contributed by atoms with Gasteiger partial charge in [0.25, 0.3) is 0 Å². The highest BCUT2D eigenvalue weighted by Crippen LogP contribution is 2.62. The molecular formula is C24H35NO4S. The first-order chi connectivity index (χ1) is 14.4. The predicted molar refractivity (Wildman–Crippen MR) is 120 cm³/mol. The summed E-state index contributed by atoms with van der Waals surface area (Å²) < 4.78 is 21.3. The zero-order valence-electron chi connectivity index (χ0n) is 18.1. The van der Waals surface area contributed by atoms with Gasteiger partial charge in [0.1, 0.15) is 0 Å². The minimum atomic E-state index is -1.49. The molecular weight excluding hydrogens is 398 g/mol. The zero-order chi connectivity index (χ0) is 21.6. The van der Waals surface area contributed by atoms with Gasteiger partial charge in [0, 0.05) is 12.5 Å². The van der Waals surface area contributed by atoms with Gasteiger partial charge in [0.15, 0.2) is 0 Å². The Hall–Kier alpha value is -1.50. The van der Waals surface area contributed by atoms with Crippen LogP contribution >= 0.6 is 0 Å². The van der Waals surface area contributed by atoms with Crippen LogP contribution in [0.5, 0.6) is 0 Å². The Balaban J connectivity index is 1.48. The molecule has 0 heterocycles. The van der Waals surface area contributed by atoms with Crippen molar-refractivity contribution in [2.24, 2.45) is 23.2 Å². The molecule has 6 heteroatoms. The molecule has 1 aromatic carbocycles. The molecule has 5 atom stereocenters. The smallest absolute Gasteiger partial charge is 0.303 e. The molecule has 0 amide bonds. The van der Waals surface area contributed by atoms with Crippen LogP contribution in [0.4, 0.5) is 0 Å². The normalized spacial score (nSPS) is 28.2. The number of hydrogen-bond acceptors (Lipinski definition) is 3. The molecule has 0 aromatic heterocycles. The van der Waals surface area contributed by atoms with E-state index in [2.05, 4.69) is 42.9 Å². The van der Waals surface area contributed by atoms with E-state index in [0.717, 1.165) is 25.7 Å². The number of hydrogen-bond donors (Lipinski definition) is 2. The Kier molecular flexibility index (Phi) is 8.26. The Labute approximate surface area is 183 Å². The van der Waals surface area contributed by atoms with E-state index < -0.39 is 17.2 Å². The summed E-state index contributed by atoms with van der Waals surface area (Å²) in [6.07, 6.45) is 9.96. The largest absolute Gasteiger partial charge is 0.481 e. The van der Waals surface area contributed by atoms with Crippen molar-refractivity contribution in [1.29, 1.82) is 0 Å². The summed E-state index contributed by atoms with van der Waals surface area (Å²) >= 11 is -1.49. The quantitative estimate of drug-likeness (QED) is 0.371. The fourth-order valence-corrected chi connectivity index (χ4v) is 6.01. The van der Waals surface area contributed by atoms with Crippen LogP contribution in [0.15, 0.2) is 42.5 Å². The van der Waals surface area contributed by atoms with Gasteiger partial charge in [-0.3, -0.25) is 8.98 Å². The second-order valence-corrected chi connectivity index (χ2v) is 10.2. The average molecular weight is 434 g/mol. The summed E-state index contributed by atoms with van der Waals surface area (Å²) in [5.74, 6) is 0.996. The summed E-state index contributed by atoms with van der Waals surface area (Å²) in [4.78, 5) is 10.6. The fraction of sp³-hybridized carbons (Fsp3) is 0.625. The molecule has 3 aliphatic rings. The molecule has 4 rings (SSSR count). The van der Waals surface area contributed by atoms with Crippen molar-refractivity contribution in [2.75, 3.05) is 6.61 Å². The summed E-state index contributed by atoms with van der Waals surface area (Å²) in [5, 5.41) is 8.74. The van der Waals surface area contributed by atoms with E-state index >= 15 is 0 Å². The maximum Gasteiger partial charge on any atom is 0.303 e. The third kappa shape index (κ3) is 6.02. The predicted octanol–water partition coefficient (Wildman–Crippen LogP) is 4.67. The molecule has 0 saturated heterocycles. The summed E-state index contributed by atoms with van der Waals surface area (Å²) in [7, 11) is 0. The monoisotopic (exact) mass is 433 g/mol. The van der Waals surface area contributed by atoms with E-state index in [1.807, 2.05) is 18.2 Å². The van der Waals surface area contributed by atoms with Crippen LogP contribution in [0.2, 0.25) is 0 Å².